The van der Waals surface area contributed by atoms with Crippen molar-refractivity contribution in [2.24, 2.45) is 5.41 Å². The summed E-state index contributed by atoms with van der Waals surface area (Å²) < 4.78 is 1.53. The number of fused-ring (bicyclic) bond motifs is 2. The van der Waals surface area contributed by atoms with Crippen molar-refractivity contribution in [2.45, 2.75) is 31.8 Å². The summed E-state index contributed by atoms with van der Waals surface area (Å²) in [6.45, 7) is 4.14. The van der Waals surface area contributed by atoms with Crippen LogP contribution in [-0.4, -0.2) is 36.9 Å². The third kappa shape index (κ3) is 3.26. The SMILES string of the molecule is CC1(C)CC(=O)c2cn3nc(SCC(=O)c4ccccc4)nc3nc2C1. The highest BCUT2D eigenvalue weighted by molar-refractivity contribution is 7.99. The molecule has 0 aliphatic heterocycles. The zero-order valence-electron chi connectivity index (χ0n) is 14.6. The summed E-state index contributed by atoms with van der Waals surface area (Å²) in [6, 6.07) is 9.15. The lowest BCUT2D eigenvalue weighted by molar-refractivity contribution is 0.0909. The predicted molar refractivity (Wildman–Crippen MR) is 98.7 cm³/mol. The molecule has 0 amide bonds. The van der Waals surface area contributed by atoms with Crippen molar-refractivity contribution in [1.29, 1.82) is 0 Å². The average Bonchev–Trinajstić information content (AvgIpc) is 3.00. The molecular formula is C19H18N4O2S. The Hall–Kier alpha value is -2.54. The van der Waals surface area contributed by atoms with E-state index >= 15 is 0 Å². The van der Waals surface area contributed by atoms with Crippen LogP contribution in [0.25, 0.3) is 5.78 Å². The van der Waals surface area contributed by atoms with Gasteiger partial charge in [0.1, 0.15) is 0 Å². The van der Waals surface area contributed by atoms with Crippen molar-refractivity contribution in [3.63, 3.8) is 0 Å². The molecule has 1 aliphatic rings. The largest absolute Gasteiger partial charge is 0.294 e. The molecular weight excluding hydrogens is 348 g/mol. The summed E-state index contributed by atoms with van der Waals surface area (Å²) in [5.74, 6) is 0.837. The summed E-state index contributed by atoms with van der Waals surface area (Å²) in [6.07, 6.45) is 2.97. The molecule has 0 N–H and O–H groups in total. The van der Waals surface area contributed by atoms with Crippen molar-refractivity contribution in [2.75, 3.05) is 5.75 Å². The van der Waals surface area contributed by atoms with Crippen LogP contribution in [0.3, 0.4) is 0 Å². The first-order valence-electron chi connectivity index (χ1n) is 8.42. The zero-order chi connectivity index (χ0) is 18.3. The molecule has 1 aromatic carbocycles. The van der Waals surface area contributed by atoms with Gasteiger partial charge in [-0.25, -0.2) is 9.50 Å². The summed E-state index contributed by atoms with van der Waals surface area (Å²) in [4.78, 5) is 33.5. The van der Waals surface area contributed by atoms with E-state index in [4.69, 9.17) is 0 Å². The second-order valence-corrected chi connectivity index (χ2v) is 8.20. The molecule has 26 heavy (non-hydrogen) atoms. The van der Waals surface area contributed by atoms with Crippen LogP contribution in [0.4, 0.5) is 0 Å². The first kappa shape index (κ1) is 16.9. The second-order valence-electron chi connectivity index (χ2n) is 7.26. The van der Waals surface area contributed by atoms with Crippen LogP contribution in [0.2, 0.25) is 0 Å². The molecule has 3 aromatic rings. The van der Waals surface area contributed by atoms with Crippen molar-refractivity contribution in [3.05, 3.63) is 53.3 Å². The maximum Gasteiger partial charge on any atom is 0.253 e. The quantitative estimate of drug-likeness (QED) is 0.521. The maximum atomic E-state index is 12.4. The minimum absolute atomic E-state index is 0.0265. The number of thioether (sulfide) groups is 1. The Kier molecular flexibility index (Phi) is 4.11. The van der Waals surface area contributed by atoms with Gasteiger partial charge >= 0.3 is 0 Å². The normalized spacial score (nSPS) is 15.8. The predicted octanol–water partition coefficient (Wildman–Crippen LogP) is 3.25. The van der Waals surface area contributed by atoms with E-state index in [-0.39, 0.29) is 22.7 Å². The summed E-state index contributed by atoms with van der Waals surface area (Å²) >= 11 is 1.27. The molecule has 0 fully saturated rings. The average molecular weight is 366 g/mol. The molecule has 7 heteroatoms. The topological polar surface area (TPSA) is 77.2 Å². The molecule has 0 spiro atoms. The number of Topliss-reactive ketones (excluding diaryl/α,β-unsaturated/α-hetero) is 2. The van der Waals surface area contributed by atoms with Crippen LogP contribution in [0, 0.1) is 5.41 Å². The summed E-state index contributed by atoms with van der Waals surface area (Å²) in [5, 5.41) is 4.84. The third-order valence-corrected chi connectivity index (χ3v) is 5.24. The van der Waals surface area contributed by atoms with Crippen LogP contribution in [0.15, 0.2) is 41.7 Å². The number of rotatable bonds is 4. The molecule has 0 radical (unpaired) electrons. The van der Waals surface area contributed by atoms with Crippen molar-refractivity contribution in [3.8, 4) is 0 Å². The van der Waals surface area contributed by atoms with Gasteiger partial charge in [-0.05, 0) is 11.8 Å². The molecule has 0 saturated carbocycles. The molecule has 1 aliphatic carbocycles. The summed E-state index contributed by atoms with van der Waals surface area (Å²) in [5.41, 5.74) is 1.99. The Bertz CT molecular complexity index is 1010. The molecule has 4 rings (SSSR count). The zero-order valence-corrected chi connectivity index (χ0v) is 15.4. The summed E-state index contributed by atoms with van der Waals surface area (Å²) in [7, 11) is 0. The van der Waals surface area contributed by atoms with Gasteiger partial charge in [0, 0.05) is 18.2 Å². The van der Waals surface area contributed by atoms with E-state index in [9.17, 15) is 9.59 Å². The van der Waals surface area contributed by atoms with Crippen LogP contribution < -0.4 is 0 Å². The van der Waals surface area contributed by atoms with E-state index in [1.54, 1.807) is 18.3 Å². The van der Waals surface area contributed by atoms with E-state index in [0.29, 0.717) is 28.5 Å². The van der Waals surface area contributed by atoms with Crippen molar-refractivity contribution in [1.82, 2.24) is 19.6 Å². The Morgan fingerprint density at radius 1 is 1.19 bits per heavy atom. The fraction of sp³-hybridized carbons (Fsp3) is 0.316. The standard InChI is InChI=1S/C19H18N4O2S/c1-19(2)8-14-13(15(24)9-19)10-23-17(20-14)21-18(22-23)26-11-16(25)12-6-4-3-5-7-12/h3-7,10H,8-9,11H2,1-2H3. The molecule has 0 unspecified atom stereocenters. The highest BCUT2D eigenvalue weighted by Gasteiger charge is 2.32. The second kappa shape index (κ2) is 6.32. The first-order chi connectivity index (χ1) is 12.4. The first-order valence-corrected chi connectivity index (χ1v) is 9.40. The number of hydrogen-bond acceptors (Lipinski definition) is 6. The molecule has 2 aromatic heterocycles. The molecule has 0 bridgehead atoms. The van der Waals surface area contributed by atoms with Gasteiger partial charge in [0.15, 0.2) is 11.6 Å². The van der Waals surface area contributed by atoms with Gasteiger partial charge < -0.3 is 0 Å². The van der Waals surface area contributed by atoms with Gasteiger partial charge in [-0.15, -0.1) is 5.10 Å². The Morgan fingerprint density at radius 3 is 2.73 bits per heavy atom. The highest BCUT2D eigenvalue weighted by Crippen LogP contribution is 2.33. The van der Waals surface area contributed by atoms with Gasteiger partial charge in [0.2, 0.25) is 5.16 Å². The smallest absolute Gasteiger partial charge is 0.253 e. The van der Waals surface area contributed by atoms with Crippen LogP contribution in [0.5, 0.6) is 0 Å². The Morgan fingerprint density at radius 2 is 1.96 bits per heavy atom. The third-order valence-electron chi connectivity index (χ3n) is 4.40. The maximum absolute atomic E-state index is 12.4. The lowest BCUT2D eigenvalue weighted by Crippen LogP contribution is -2.28. The monoisotopic (exact) mass is 366 g/mol. The molecule has 0 saturated heterocycles. The molecule has 132 valence electrons. The number of benzene rings is 1. The van der Waals surface area contributed by atoms with E-state index in [1.165, 1.54) is 16.3 Å². The molecule has 2 heterocycles. The van der Waals surface area contributed by atoms with E-state index < -0.39 is 0 Å². The van der Waals surface area contributed by atoms with Gasteiger partial charge in [0.25, 0.3) is 5.78 Å². The minimum Gasteiger partial charge on any atom is -0.294 e. The molecule has 0 atom stereocenters. The van der Waals surface area contributed by atoms with E-state index in [2.05, 4.69) is 28.9 Å². The molecule has 6 nitrogen and oxygen atoms in total. The minimum atomic E-state index is -0.0882. The highest BCUT2D eigenvalue weighted by atomic mass is 32.2. The van der Waals surface area contributed by atoms with Gasteiger partial charge in [-0.3, -0.25) is 9.59 Å². The Balaban J connectivity index is 1.57. The van der Waals surface area contributed by atoms with Gasteiger partial charge in [-0.1, -0.05) is 55.9 Å². The number of aromatic nitrogens is 4. The Labute approximate surface area is 155 Å². The van der Waals surface area contributed by atoms with E-state index in [0.717, 1.165) is 12.1 Å². The van der Waals surface area contributed by atoms with Crippen LogP contribution in [-0.2, 0) is 6.42 Å². The number of carbonyl (C=O) groups excluding carboxylic acids is 2. The number of ketones is 2. The van der Waals surface area contributed by atoms with Crippen molar-refractivity contribution >= 4 is 29.1 Å². The fourth-order valence-electron chi connectivity index (χ4n) is 3.15. The number of carbonyl (C=O) groups is 2. The van der Waals surface area contributed by atoms with Crippen molar-refractivity contribution < 1.29 is 9.59 Å². The van der Waals surface area contributed by atoms with Crippen LogP contribution in [0.1, 0.15) is 46.7 Å². The number of hydrogen-bond donors (Lipinski definition) is 0. The van der Waals surface area contributed by atoms with Crippen LogP contribution >= 0.6 is 11.8 Å². The van der Waals surface area contributed by atoms with Gasteiger partial charge in [-0.2, -0.15) is 4.98 Å². The lowest BCUT2D eigenvalue weighted by Gasteiger charge is -2.28. The lowest BCUT2D eigenvalue weighted by atomic mass is 9.76. The fourth-order valence-corrected chi connectivity index (χ4v) is 3.87. The number of nitrogens with zero attached hydrogens (tertiary/aromatic N) is 4. The van der Waals surface area contributed by atoms with E-state index in [1.807, 2.05) is 18.2 Å². The van der Waals surface area contributed by atoms with Gasteiger partial charge in [0.05, 0.1) is 17.0 Å².